The van der Waals surface area contributed by atoms with Crippen LogP contribution in [0.2, 0.25) is 0 Å². The average molecular weight is 406 g/mol. The third kappa shape index (κ3) is 5.80. The summed E-state index contributed by atoms with van der Waals surface area (Å²) in [6, 6.07) is 2.83. The molecular weight excluding hydrogens is 385 g/mol. The molecule has 0 aromatic heterocycles. The molecule has 0 spiro atoms. The second-order valence-corrected chi connectivity index (χ2v) is 7.42. The van der Waals surface area contributed by atoms with Gasteiger partial charge in [-0.25, -0.2) is 4.39 Å². The van der Waals surface area contributed by atoms with Crippen molar-refractivity contribution in [2.45, 2.75) is 43.8 Å². The average Bonchev–Trinajstić information content (AvgIpc) is 2.50. The van der Waals surface area contributed by atoms with Crippen molar-refractivity contribution < 1.29 is 18.7 Å². The van der Waals surface area contributed by atoms with E-state index in [4.69, 9.17) is 4.74 Å². The van der Waals surface area contributed by atoms with Crippen LogP contribution in [0.25, 0.3) is 0 Å². The van der Waals surface area contributed by atoms with E-state index in [-0.39, 0.29) is 28.7 Å². The summed E-state index contributed by atoms with van der Waals surface area (Å²) in [5.74, 6) is -1.36. The van der Waals surface area contributed by atoms with Crippen LogP contribution < -0.4 is 5.32 Å². The molecule has 1 N–H and O–H groups in total. The Morgan fingerprint density at radius 1 is 1.39 bits per heavy atom. The fraction of sp³-hybridized carbons (Fsp3) is 0.500. The Bertz CT molecular complexity index is 581. The summed E-state index contributed by atoms with van der Waals surface area (Å²) in [5, 5.41) is 2.19. The van der Waals surface area contributed by atoms with Crippen LogP contribution in [0.3, 0.4) is 0 Å². The molecule has 1 aromatic rings. The van der Waals surface area contributed by atoms with Gasteiger partial charge in [-0.2, -0.15) is 0 Å². The fourth-order valence-corrected chi connectivity index (χ4v) is 3.57. The van der Waals surface area contributed by atoms with E-state index >= 15 is 0 Å². The van der Waals surface area contributed by atoms with Gasteiger partial charge in [-0.05, 0) is 34.5 Å². The van der Waals surface area contributed by atoms with Crippen molar-refractivity contribution in [3.63, 3.8) is 0 Å². The first-order valence-electron chi connectivity index (χ1n) is 7.34. The number of carbonyl (C=O) groups is 2. The largest absolute Gasteiger partial charge is 0.468 e. The number of amides is 1. The smallest absolute Gasteiger partial charge is 0.319 e. The van der Waals surface area contributed by atoms with Gasteiger partial charge in [-0.1, -0.05) is 27.2 Å². The Labute approximate surface area is 148 Å². The molecule has 128 valence electrons. The van der Waals surface area contributed by atoms with Gasteiger partial charge in [0.05, 0.1) is 12.8 Å². The predicted molar refractivity (Wildman–Crippen MR) is 94.1 cm³/mol. The molecule has 1 aromatic carbocycles. The maximum atomic E-state index is 14.0. The lowest BCUT2D eigenvalue weighted by Gasteiger charge is -2.16. The highest BCUT2D eigenvalue weighted by Crippen LogP contribution is 2.36. The van der Waals surface area contributed by atoms with Crippen molar-refractivity contribution in [3.8, 4) is 0 Å². The lowest BCUT2D eigenvalue weighted by molar-refractivity contribution is -0.140. The lowest BCUT2D eigenvalue weighted by atomic mass is 10.2. The van der Waals surface area contributed by atoms with Gasteiger partial charge in [-0.3, -0.25) is 9.59 Å². The number of rotatable bonds is 7. The Hall–Kier alpha value is -1.08. The molecule has 0 radical (unpaired) electrons. The van der Waals surface area contributed by atoms with E-state index in [1.807, 2.05) is 6.92 Å². The number of hydrogen-bond acceptors (Lipinski definition) is 4. The highest BCUT2D eigenvalue weighted by Gasteiger charge is 2.22. The van der Waals surface area contributed by atoms with E-state index in [2.05, 4.69) is 21.2 Å². The third-order valence-electron chi connectivity index (χ3n) is 3.09. The van der Waals surface area contributed by atoms with Gasteiger partial charge < -0.3 is 10.1 Å². The molecule has 1 unspecified atom stereocenters. The SMILES string of the molecule is CCCC(Sc1cc(NC(=O)C(C)C)c(F)cc1Br)C(=O)OC. The van der Waals surface area contributed by atoms with Crippen LogP contribution in [0.5, 0.6) is 0 Å². The van der Waals surface area contributed by atoms with Gasteiger partial charge in [0, 0.05) is 15.3 Å². The monoisotopic (exact) mass is 405 g/mol. The second kappa shape index (κ2) is 9.27. The number of nitrogens with one attached hydrogen (secondary N) is 1. The van der Waals surface area contributed by atoms with Crippen LogP contribution in [0.1, 0.15) is 33.6 Å². The number of anilines is 1. The Morgan fingerprint density at radius 2 is 2.04 bits per heavy atom. The normalized spacial score (nSPS) is 12.1. The summed E-state index contributed by atoms with van der Waals surface area (Å²) in [4.78, 5) is 24.3. The van der Waals surface area contributed by atoms with Crippen LogP contribution in [-0.4, -0.2) is 24.2 Å². The van der Waals surface area contributed by atoms with Crippen LogP contribution in [0, 0.1) is 11.7 Å². The zero-order chi connectivity index (χ0) is 17.6. The predicted octanol–water partition coefficient (Wildman–Crippen LogP) is 4.62. The minimum absolute atomic E-state index is 0.106. The number of hydrogen-bond donors (Lipinski definition) is 1. The Morgan fingerprint density at radius 3 is 2.57 bits per heavy atom. The summed E-state index contributed by atoms with van der Waals surface area (Å²) < 4.78 is 19.4. The van der Waals surface area contributed by atoms with E-state index < -0.39 is 5.82 Å². The topological polar surface area (TPSA) is 55.4 Å². The van der Waals surface area contributed by atoms with E-state index in [0.717, 1.165) is 6.42 Å². The molecule has 0 aliphatic heterocycles. The first-order valence-corrected chi connectivity index (χ1v) is 9.01. The summed E-state index contributed by atoms with van der Waals surface area (Å²) >= 11 is 4.59. The molecule has 0 heterocycles. The molecule has 0 fully saturated rings. The second-order valence-electron chi connectivity index (χ2n) is 5.32. The van der Waals surface area contributed by atoms with Crippen molar-refractivity contribution >= 4 is 45.3 Å². The first-order chi connectivity index (χ1) is 10.8. The molecule has 4 nitrogen and oxygen atoms in total. The standard InChI is InChI=1S/C16H21BrFNO3S/c1-5-6-13(16(21)22-4)23-14-8-12(11(18)7-10(14)17)19-15(20)9(2)3/h7-9,13H,5-6H2,1-4H3,(H,19,20). The van der Waals surface area contributed by atoms with E-state index in [1.54, 1.807) is 13.8 Å². The molecule has 0 aliphatic rings. The first kappa shape index (κ1) is 20.0. The van der Waals surface area contributed by atoms with Gasteiger partial charge in [0.1, 0.15) is 11.1 Å². The van der Waals surface area contributed by atoms with E-state index in [1.165, 1.54) is 31.0 Å². The molecule has 7 heteroatoms. The molecule has 1 rings (SSSR count). The van der Waals surface area contributed by atoms with Crippen LogP contribution in [0.4, 0.5) is 10.1 Å². The number of esters is 1. The number of carbonyl (C=O) groups excluding carboxylic acids is 2. The number of methoxy groups -OCH3 is 1. The molecule has 0 aliphatic carbocycles. The number of benzene rings is 1. The van der Waals surface area contributed by atoms with E-state index in [0.29, 0.717) is 15.8 Å². The fourth-order valence-electron chi connectivity index (χ4n) is 1.76. The van der Waals surface area contributed by atoms with Crippen molar-refractivity contribution in [3.05, 3.63) is 22.4 Å². The third-order valence-corrected chi connectivity index (χ3v) is 5.31. The van der Waals surface area contributed by atoms with Crippen LogP contribution >= 0.6 is 27.7 Å². The lowest BCUT2D eigenvalue weighted by Crippen LogP contribution is -2.19. The highest BCUT2D eigenvalue weighted by molar-refractivity contribution is 9.10. The molecule has 0 bridgehead atoms. The van der Waals surface area contributed by atoms with Gasteiger partial charge in [0.2, 0.25) is 5.91 Å². The zero-order valence-corrected chi connectivity index (χ0v) is 16.0. The van der Waals surface area contributed by atoms with Gasteiger partial charge in [-0.15, -0.1) is 11.8 Å². The summed E-state index contributed by atoms with van der Waals surface area (Å²) in [7, 11) is 1.35. The number of ether oxygens (including phenoxy) is 1. The summed E-state index contributed by atoms with van der Waals surface area (Å²) in [6.45, 7) is 5.44. The summed E-state index contributed by atoms with van der Waals surface area (Å²) in [5.41, 5.74) is 0.106. The Kier molecular flexibility index (Phi) is 8.05. The maximum Gasteiger partial charge on any atom is 0.319 e. The zero-order valence-electron chi connectivity index (χ0n) is 13.6. The number of thioether (sulfide) groups is 1. The van der Waals surface area contributed by atoms with Crippen molar-refractivity contribution in [1.82, 2.24) is 0 Å². The maximum absolute atomic E-state index is 14.0. The van der Waals surface area contributed by atoms with E-state index in [9.17, 15) is 14.0 Å². The quantitative estimate of drug-likeness (QED) is 0.531. The molecule has 23 heavy (non-hydrogen) atoms. The van der Waals surface area contributed by atoms with Crippen molar-refractivity contribution in [2.24, 2.45) is 5.92 Å². The molecule has 1 atom stereocenters. The van der Waals surface area contributed by atoms with Crippen LogP contribution in [0.15, 0.2) is 21.5 Å². The minimum Gasteiger partial charge on any atom is -0.468 e. The van der Waals surface area contributed by atoms with Crippen molar-refractivity contribution in [2.75, 3.05) is 12.4 Å². The van der Waals surface area contributed by atoms with Gasteiger partial charge in [0.25, 0.3) is 0 Å². The van der Waals surface area contributed by atoms with Crippen molar-refractivity contribution in [1.29, 1.82) is 0 Å². The minimum atomic E-state index is -0.527. The van der Waals surface area contributed by atoms with Gasteiger partial charge in [0.15, 0.2) is 0 Å². The van der Waals surface area contributed by atoms with Crippen LogP contribution in [-0.2, 0) is 14.3 Å². The summed E-state index contributed by atoms with van der Waals surface area (Å²) in [6.07, 6.45) is 1.47. The highest BCUT2D eigenvalue weighted by atomic mass is 79.9. The molecule has 0 saturated heterocycles. The molecule has 0 saturated carbocycles. The Balaban J connectivity index is 3.06. The molecular formula is C16H21BrFNO3S. The van der Waals surface area contributed by atoms with Gasteiger partial charge >= 0.3 is 5.97 Å². The number of halogens is 2. The molecule has 1 amide bonds.